The van der Waals surface area contributed by atoms with E-state index in [0.717, 1.165) is 6.21 Å². The molecule has 0 heterocycles. The number of nitrogens with two attached hydrogens (primary N) is 1. The Morgan fingerprint density at radius 2 is 2.40 bits per heavy atom. The molecule has 3 N–H and O–H groups in total. The Kier molecular flexibility index (Phi) is 3.79. The molecule has 0 aliphatic rings. The zero-order chi connectivity index (χ0) is 8.04. The van der Waals surface area contributed by atoms with Gasteiger partial charge in [0.15, 0.2) is 0 Å². The van der Waals surface area contributed by atoms with Gasteiger partial charge in [-0.2, -0.15) is 0 Å². The van der Waals surface area contributed by atoms with Gasteiger partial charge >= 0.3 is 0 Å². The molecule has 0 saturated heterocycles. The highest BCUT2D eigenvalue weighted by Crippen LogP contribution is 1.99. The highest BCUT2D eigenvalue weighted by Gasteiger charge is 2.17. The second-order valence-corrected chi connectivity index (χ2v) is 2.08. The van der Waals surface area contributed by atoms with E-state index in [1.807, 2.05) is 0 Å². The van der Waals surface area contributed by atoms with Gasteiger partial charge in [0.1, 0.15) is 0 Å². The summed E-state index contributed by atoms with van der Waals surface area (Å²) in [5, 5.41) is 6.86. The molecule has 0 aromatic carbocycles. The van der Waals surface area contributed by atoms with Crippen LogP contribution in [0.5, 0.6) is 0 Å². The summed E-state index contributed by atoms with van der Waals surface area (Å²) >= 11 is 0. The van der Waals surface area contributed by atoms with Crippen LogP contribution >= 0.6 is 0 Å². The molecule has 0 aromatic heterocycles. The molecule has 0 fully saturated rings. The van der Waals surface area contributed by atoms with Crippen LogP contribution in [0.1, 0.15) is 6.42 Å². The fourth-order valence-electron chi connectivity index (χ4n) is 0.578. The summed E-state index contributed by atoms with van der Waals surface area (Å²) in [6, 6.07) is 0. The van der Waals surface area contributed by atoms with Crippen molar-refractivity contribution >= 4 is 12.4 Å². The van der Waals surface area contributed by atoms with Gasteiger partial charge in [0.05, 0.1) is 12.2 Å². The van der Waals surface area contributed by atoms with E-state index >= 15 is 0 Å². The second kappa shape index (κ2) is 4.11. The normalized spacial score (nSPS) is 17.1. The minimum absolute atomic E-state index is 0.119. The van der Waals surface area contributed by atoms with Crippen molar-refractivity contribution in [3.8, 4) is 0 Å². The van der Waals surface area contributed by atoms with Crippen LogP contribution in [0, 0.1) is 5.41 Å². The predicted molar refractivity (Wildman–Crippen MR) is 40.7 cm³/mol. The molecule has 0 rings (SSSR count). The lowest BCUT2D eigenvalue weighted by Gasteiger charge is -2.16. The molecule has 0 saturated carbocycles. The van der Waals surface area contributed by atoms with Gasteiger partial charge in [0.25, 0.3) is 0 Å². The maximum Gasteiger partial charge on any atom is 0.0919 e. The minimum Gasteiger partial charge on any atom is -0.316 e. The average Bonchev–Trinajstić information content (AvgIpc) is 1.89. The van der Waals surface area contributed by atoms with E-state index in [-0.39, 0.29) is 6.42 Å². The van der Waals surface area contributed by atoms with E-state index in [1.54, 1.807) is 7.05 Å². The summed E-state index contributed by atoms with van der Waals surface area (Å²) in [7, 11) is 1.54. The molecule has 1 unspecified atom stereocenters. The molecule has 0 spiro atoms. The fraction of sp³-hybridized carbons (Fsp3) is 0.667. The van der Waals surface area contributed by atoms with E-state index < -0.39 is 12.2 Å². The van der Waals surface area contributed by atoms with Gasteiger partial charge in [-0.3, -0.25) is 9.38 Å². The summed E-state index contributed by atoms with van der Waals surface area (Å²) in [6.45, 7) is -0.530. The lowest BCUT2D eigenvalue weighted by Crippen LogP contribution is -2.43. The molecule has 58 valence electrons. The van der Waals surface area contributed by atoms with Crippen LogP contribution in [0.25, 0.3) is 0 Å². The lowest BCUT2D eigenvalue weighted by atomic mass is 10.0. The van der Waals surface area contributed by atoms with Crippen molar-refractivity contribution in [3.63, 3.8) is 0 Å². The second-order valence-electron chi connectivity index (χ2n) is 2.08. The SMILES string of the molecule is CN=CC(N)(C=N)CCF. The zero-order valence-corrected chi connectivity index (χ0v) is 5.97. The van der Waals surface area contributed by atoms with Crippen LogP contribution in [0.2, 0.25) is 0 Å². The molecule has 0 amide bonds. The van der Waals surface area contributed by atoms with Gasteiger partial charge in [-0.15, -0.1) is 0 Å². The molecular weight excluding hydrogens is 133 g/mol. The lowest BCUT2D eigenvalue weighted by molar-refractivity contribution is 0.448. The molecule has 0 radical (unpaired) electrons. The third-order valence-corrected chi connectivity index (χ3v) is 1.17. The third-order valence-electron chi connectivity index (χ3n) is 1.17. The van der Waals surface area contributed by atoms with Crippen LogP contribution in [-0.2, 0) is 0 Å². The highest BCUT2D eigenvalue weighted by atomic mass is 19.1. The Labute approximate surface area is 59.7 Å². The van der Waals surface area contributed by atoms with Crippen molar-refractivity contribution in [1.29, 1.82) is 5.41 Å². The Morgan fingerprint density at radius 3 is 2.70 bits per heavy atom. The van der Waals surface area contributed by atoms with Crippen molar-refractivity contribution < 1.29 is 4.39 Å². The Balaban J connectivity index is 4.07. The quantitative estimate of drug-likeness (QED) is 0.552. The first kappa shape index (κ1) is 9.23. The molecular formula is C6H12FN3. The van der Waals surface area contributed by atoms with Crippen LogP contribution in [0.4, 0.5) is 4.39 Å². The van der Waals surface area contributed by atoms with Crippen LogP contribution < -0.4 is 5.73 Å². The first-order valence-electron chi connectivity index (χ1n) is 2.98. The largest absolute Gasteiger partial charge is 0.316 e. The molecule has 4 heteroatoms. The van der Waals surface area contributed by atoms with Crippen molar-refractivity contribution in [2.45, 2.75) is 12.0 Å². The van der Waals surface area contributed by atoms with Crippen molar-refractivity contribution in [2.75, 3.05) is 13.7 Å². The molecule has 0 aliphatic carbocycles. The van der Waals surface area contributed by atoms with Gasteiger partial charge in [0.2, 0.25) is 0 Å². The van der Waals surface area contributed by atoms with Crippen LogP contribution in [0.15, 0.2) is 4.99 Å². The van der Waals surface area contributed by atoms with E-state index in [1.165, 1.54) is 6.21 Å². The van der Waals surface area contributed by atoms with Gasteiger partial charge in [0, 0.05) is 25.9 Å². The smallest absolute Gasteiger partial charge is 0.0919 e. The first-order valence-corrected chi connectivity index (χ1v) is 2.98. The van der Waals surface area contributed by atoms with Gasteiger partial charge in [-0.1, -0.05) is 0 Å². The van der Waals surface area contributed by atoms with Crippen LogP contribution in [-0.4, -0.2) is 31.7 Å². The molecule has 3 nitrogen and oxygen atoms in total. The maximum atomic E-state index is 11.8. The van der Waals surface area contributed by atoms with Crippen molar-refractivity contribution in [1.82, 2.24) is 0 Å². The topological polar surface area (TPSA) is 62.2 Å². The summed E-state index contributed by atoms with van der Waals surface area (Å²) in [5.41, 5.74) is 4.50. The first-order chi connectivity index (χ1) is 4.68. The number of nitrogens with zero attached hydrogens (tertiary/aromatic N) is 1. The standard InChI is InChI=1S/C6H12FN3/c1-10-5-6(9,4-8)2-3-7/h4-5,8H,2-3,9H2,1H3. The van der Waals surface area contributed by atoms with Crippen LogP contribution in [0.3, 0.4) is 0 Å². The maximum absolute atomic E-state index is 11.8. The van der Waals surface area contributed by atoms with Crippen molar-refractivity contribution in [2.24, 2.45) is 10.7 Å². The monoisotopic (exact) mass is 145 g/mol. The highest BCUT2D eigenvalue weighted by molar-refractivity contribution is 5.92. The molecule has 0 aromatic rings. The zero-order valence-electron chi connectivity index (χ0n) is 5.97. The van der Waals surface area contributed by atoms with Crippen molar-refractivity contribution in [3.05, 3.63) is 0 Å². The number of hydrogen-bond acceptors (Lipinski definition) is 3. The summed E-state index contributed by atoms with van der Waals surface area (Å²) < 4.78 is 11.8. The number of alkyl halides is 1. The molecule has 1 atom stereocenters. The fourth-order valence-corrected chi connectivity index (χ4v) is 0.578. The third kappa shape index (κ3) is 2.68. The number of rotatable bonds is 4. The number of halogens is 1. The summed E-state index contributed by atoms with van der Waals surface area (Å²) in [6.07, 6.45) is 2.49. The molecule has 0 aliphatic heterocycles. The van der Waals surface area contributed by atoms with E-state index in [0.29, 0.717) is 0 Å². The van der Waals surface area contributed by atoms with E-state index in [4.69, 9.17) is 11.1 Å². The Morgan fingerprint density at radius 1 is 1.80 bits per heavy atom. The summed E-state index contributed by atoms with van der Waals surface area (Å²) in [4.78, 5) is 3.63. The Bertz CT molecular complexity index is 135. The Hall–Kier alpha value is -0.770. The number of hydrogen-bond donors (Lipinski definition) is 2. The average molecular weight is 145 g/mol. The number of nitrogens with one attached hydrogen (secondary N) is 1. The molecule has 10 heavy (non-hydrogen) atoms. The van der Waals surface area contributed by atoms with E-state index in [9.17, 15) is 4.39 Å². The van der Waals surface area contributed by atoms with Gasteiger partial charge < -0.3 is 11.1 Å². The van der Waals surface area contributed by atoms with Gasteiger partial charge in [-0.05, 0) is 0 Å². The van der Waals surface area contributed by atoms with Gasteiger partial charge in [-0.25, -0.2) is 0 Å². The predicted octanol–water partition coefficient (Wildman–Crippen LogP) is 0.394. The molecule has 0 bridgehead atoms. The summed E-state index contributed by atoms with van der Waals surface area (Å²) in [5.74, 6) is 0. The minimum atomic E-state index is -0.983. The number of aliphatic imine (C=N–C) groups is 1. The van der Waals surface area contributed by atoms with E-state index in [2.05, 4.69) is 4.99 Å².